The molecule has 2 aromatic rings. The quantitative estimate of drug-likeness (QED) is 0.198. The van der Waals surface area contributed by atoms with Crippen molar-refractivity contribution in [3.8, 4) is 11.1 Å². The Balaban J connectivity index is 0.000000920. The number of rotatable bonds is 3. The second kappa shape index (κ2) is 10.2. The summed E-state index contributed by atoms with van der Waals surface area (Å²) in [7, 11) is -3.67. The maximum atomic E-state index is 9.19. The molecule has 186 valence electrons. The van der Waals surface area contributed by atoms with Gasteiger partial charge in [0.25, 0.3) is 10.1 Å². The van der Waals surface area contributed by atoms with Crippen molar-refractivity contribution in [3.05, 3.63) is 48.5 Å². The Morgan fingerprint density at radius 3 is 1.47 bits per heavy atom. The zero-order valence-electron chi connectivity index (χ0n) is 21.2. The van der Waals surface area contributed by atoms with Crippen LogP contribution in [0.15, 0.2) is 48.5 Å². The van der Waals surface area contributed by atoms with Gasteiger partial charge in [-0.2, -0.15) is 8.42 Å². The SMILES string of the molecule is CC(C)(C)[PH]([Pd][c]1ccccc1-c1ccccc1N)(C(C)(C)C)C(C)(C)C.CS(=O)(=O)O. The van der Waals surface area contributed by atoms with E-state index in [9.17, 15) is 8.42 Å². The van der Waals surface area contributed by atoms with Crippen molar-refractivity contribution in [2.45, 2.75) is 77.8 Å². The van der Waals surface area contributed by atoms with Gasteiger partial charge in [0.05, 0.1) is 6.26 Å². The molecule has 0 heterocycles. The van der Waals surface area contributed by atoms with E-state index in [1.807, 2.05) is 12.1 Å². The Morgan fingerprint density at radius 2 is 1.09 bits per heavy atom. The van der Waals surface area contributed by atoms with E-state index in [0.29, 0.717) is 39.2 Å². The van der Waals surface area contributed by atoms with Crippen molar-refractivity contribution in [1.29, 1.82) is 0 Å². The van der Waals surface area contributed by atoms with Crippen LogP contribution < -0.4 is 9.77 Å². The van der Waals surface area contributed by atoms with Gasteiger partial charge in [-0.05, 0) is 0 Å². The Morgan fingerprint density at radius 1 is 0.750 bits per heavy atom. The Labute approximate surface area is 204 Å². The van der Waals surface area contributed by atoms with E-state index in [1.165, 1.54) is 15.2 Å². The maximum absolute atomic E-state index is 9.19. The van der Waals surface area contributed by atoms with Crippen LogP contribution in [0.25, 0.3) is 11.1 Å². The van der Waals surface area contributed by atoms with E-state index in [1.54, 1.807) is 0 Å². The summed E-state index contributed by atoms with van der Waals surface area (Å²) in [5, 5.41) is 0.897. The molecule has 0 saturated carbocycles. The van der Waals surface area contributed by atoms with Gasteiger partial charge in [0, 0.05) is 0 Å². The van der Waals surface area contributed by atoms with Crippen LogP contribution in [-0.2, 0) is 27.6 Å². The van der Waals surface area contributed by atoms with Gasteiger partial charge in [0.1, 0.15) is 0 Å². The molecule has 0 saturated heterocycles. The second-order valence-corrected chi connectivity index (χ2v) is 24.1. The third-order valence-corrected chi connectivity index (χ3v) is 25.8. The standard InChI is InChI=1S/C12H10N.C12H27P.CH4O3S.Pd/c13-12-9-5-4-8-11(12)10-6-2-1-3-7-10;1-10(2,3)13(11(4,5)6)12(7,8)9;1-5(2,3)4;/h1-6,8-9H,13H2;1-9H3;1H3,(H,2,3,4);/q;;;-1/p+1. The minimum Gasteiger partial charge on any atom is -0.286 e. The summed E-state index contributed by atoms with van der Waals surface area (Å²) in [6, 6.07) is 17.2. The smallest absolute Gasteiger partial charge is 0.261 e. The van der Waals surface area contributed by atoms with Gasteiger partial charge in [0.2, 0.25) is 0 Å². The summed E-state index contributed by atoms with van der Waals surface area (Å²) in [6.07, 6.45) is 0.715. The Hall–Kier alpha value is -0.758. The molecule has 0 unspecified atom stereocenters. The zero-order chi connectivity index (χ0) is 25.2. The predicted molar refractivity (Wildman–Crippen MR) is 141 cm³/mol. The van der Waals surface area contributed by atoms with Crippen molar-refractivity contribution in [2.75, 3.05) is 12.0 Å². The maximum Gasteiger partial charge on any atom is 0.261 e. The average molecular weight is 574 g/mol. The average Bonchev–Trinajstić information content (AvgIpc) is 2.55. The van der Waals surface area contributed by atoms with Crippen LogP contribution in [0.4, 0.5) is 5.69 Å². The molecule has 0 aliphatic rings. The molecule has 0 bridgehead atoms. The summed E-state index contributed by atoms with van der Waals surface area (Å²) < 4.78 is 27.4. The molecule has 0 aliphatic heterocycles. The van der Waals surface area contributed by atoms with Gasteiger partial charge >= 0.3 is 176 Å². The Kier molecular flexibility index (Phi) is 9.37. The van der Waals surface area contributed by atoms with E-state index in [2.05, 4.69) is 98.7 Å². The largest absolute Gasteiger partial charge is 0.286 e. The molecule has 0 aromatic heterocycles. The van der Waals surface area contributed by atoms with E-state index in [0.717, 1.165) is 5.69 Å². The summed E-state index contributed by atoms with van der Waals surface area (Å²) in [4.78, 5) is 0. The number of hydrogen-bond donors (Lipinski definition) is 2. The second-order valence-electron chi connectivity index (χ2n) is 11.2. The monoisotopic (exact) mass is 573 g/mol. The van der Waals surface area contributed by atoms with Gasteiger partial charge in [-0.25, -0.2) is 0 Å². The van der Waals surface area contributed by atoms with E-state index < -0.39 is 15.6 Å². The van der Waals surface area contributed by atoms with Crippen molar-refractivity contribution >= 4 is 25.3 Å². The van der Waals surface area contributed by atoms with Crippen LogP contribution in [0.1, 0.15) is 62.3 Å². The number of anilines is 1. The fourth-order valence-corrected chi connectivity index (χ4v) is 21.8. The van der Waals surface area contributed by atoms with E-state index in [4.69, 9.17) is 10.3 Å². The molecule has 0 amide bonds. The molecular weight excluding hydrogens is 532 g/mol. The molecule has 4 nitrogen and oxygen atoms in total. The van der Waals surface area contributed by atoms with Crippen LogP contribution in [0.3, 0.4) is 0 Å². The van der Waals surface area contributed by atoms with Gasteiger partial charge in [0.15, 0.2) is 0 Å². The first-order valence-corrected chi connectivity index (χ1v) is 17.5. The first-order chi connectivity index (χ1) is 14.2. The molecule has 7 heteroatoms. The van der Waals surface area contributed by atoms with Gasteiger partial charge in [-0.1, -0.05) is 0 Å². The third kappa shape index (κ3) is 7.12. The number of nitrogens with two attached hydrogens (primary N) is 1. The summed E-state index contributed by atoms with van der Waals surface area (Å²) >= 11 is 0.555. The van der Waals surface area contributed by atoms with Crippen molar-refractivity contribution in [3.63, 3.8) is 0 Å². The van der Waals surface area contributed by atoms with Crippen LogP contribution >= 0.6 is 5.45 Å². The molecule has 2 aromatic carbocycles. The van der Waals surface area contributed by atoms with Crippen molar-refractivity contribution in [1.82, 2.24) is 0 Å². The number of benzene rings is 2. The van der Waals surface area contributed by atoms with Crippen LogP contribution in [0.5, 0.6) is 0 Å². The van der Waals surface area contributed by atoms with E-state index >= 15 is 0 Å². The fourth-order valence-electron chi connectivity index (χ4n) is 5.33. The molecule has 3 N–H and O–H groups in total. The number of nitrogen functional groups attached to an aromatic ring is 1. The summed E-state index contributed by atoms with van der Waals surface area (Å²) in [5.74, 6) is 0. The molecule has 0 aliphatic carbocycles. The molecule has 32 heavy (non-hydrogen) atoms. The molecule has 0 radical (unpaired) electrons. The molecule has 0 atom stereocenters. The van der Waals surface area contributed by atoms with Crippen LogP contribution in [0, 0.1) is 0 Å². The van der Waals surface area contributed by atoms with Gasteiger partial charge in [-0.15, -0.1) is 0 Å². The first-order valence-electron chi connectivity index (χ1n) is 10.7. The topological polar surface area (TPSA) is 80.4 Å². The fraction of sp³-hybridized carbons (Fsp3) is 0.520. The molecule has 0 fully saturated rings. The Bertz CT molecular complexity index is 972. The van der Waals surface area contributed by atoms with Gasteiger partial charge < -0.3 is 0 Å². The zero-order valence-corrected chi connectivity index (χ0v) is 24.6. The van der Waals surface area contributed by atoms with Crippen molar-refractivity contribution in [2.24, 2.45) is 0 Å². The van der Waals surface area contributed by atoms with Crippen LogP contribution in [0.2, 0.25) is 0 Å². The minimum atomic E-state index is -3.67. The third-order valence-electron chi connectivity index (χ3n) is 5.26. The van der Waals surface area contributed by atoms with E-state index in [-0.39, 0.29) is 0 Å². The van der Waals surface area contributed by atoms with Gasteiger partial charge in [-0.3, -0.25) is 4.55 Å². The number of para-hydroxylation sites is 1. The minimum absolute atomic E-state index is 0.299. The normalized spacial score (nSPS) is 14.0. The van der Waals surface area contributed by atoms with Crippen molar-refractivity contribution < 1.29 is 30.5 Å². The molecule has 2 rings (SSSR count). The molecular formula is C25H42NO3PPdS. The molecule has 0 spiro atoms. The predicted octanol–water partition coefficient (Wildman–Crippen LogP) is 6.21. The number of hydrogen-bond acceptors (Lipinski definition) is 3. The van der Waals surface area contributed by atoms with Crippen LogP contribution in [-0.4, -0.2) is 34.7 Å². The summed E-state index contributed by atoms with van der Waals surface area (Å²) in [5.41, 5.74) is 7.91. The first kappa shape index (κ1) is 29.3. The summed E-state index contributed by atoms with van der Waals surface area (Å²) in [6.45, 7) is 22.3.